The van der Waals surface area contributed by atoms with Gasteiger partial charge in [-0.15, -0.1) is 0 Å². The summed E-state index contributed by atoms with van der Waals surface area (Å²) in [4.78, 5) is 34.0. The second-order valence-corrected chi connectivity index (χ2v) is 29.9. The number of nitrogens with two attached hydrogens (primary N) is 1. The van der Waals surface area contributed by atoms with Crippen molar-refractivity contribution in [3.8, 4) is 0 Å². The van der Waals surface area contributed by atoms with Gasteiger partial charge in [0.05, 0.1) is 51.8 Å². The van der Waals surface area contributed by atoms with Gasteiger partial charge in [-0.25, -0.2) is 9.97 Å². The van der Waals surface area contributed by atoms with E-state index in [4.69, 9.17) is 62.4 Å². The second-order valence-electron chi connectivity index (χ2n) is 21.9. The largest absolute Gasteiger partial charge is 0.396 e. The van der Waals surface area contributed by atoms with Crippen LogP contribution in [-0.4, -0.2) is 109 Å². The van der Waals surface area contributed by atoms with Crippen molar-refractivity contribution in [2.24, 2.45) is 22.5 Å². The number of carbonyl (C=O) groups excluding carboxylic acids is 1. The molecule has 2 aromatic heterocycles. The molecule has 8 N–H and O–H groups in total. The zero-order valence-corrected chi connectivity index (χ0v) is 49.9. The molecule has 16 nitrogen and oxygen atoms in total. The first-order chi connectivity index (χ1) is 37.7. The molecular formula is C57H71Cl4N11O5P2. The first-order valence-electron chi connectivity index (χ1n) is 26.6. The minimum atomic E-state index is -2.50. The van der Waals surface area contributed by atoms with Crippen LogP contribution in [0.25, 0.3) is 0 Å². The number of nitrogens with zero attached hydrogens (tertiary/aromatic N) is 6. The number of Topliss-reactive ketones (excluding diaryl/α,β-unsaturated/α-hetero) is 1. The fourth-order valence-electron chi connectivity index (χ4n) is 10.8. The number of nitrogens with one attached hydrogen (secondary N) is 4. The third-order valence-corrected chi connectivity index (χ3v) is 19.3. The number of carbonyl (C=O) groups is 1. The van der Waals surface area contributed by atoms with Crippen LogP contribution >= 0.6 is 60.7 Å². The summed E-state index contributed by atoms with van der Waals surface area (Å²) in [6, 6.07) is 26.6. The van der Waals surface area contributed by atoms with Crippen molar-refractivity contribution in [2.75, 3.05) is 104 Å². The van der Waals surface area contributed by atoms with Gasteiger partial charge in [-0.2, -0.15) is 9.97 Å². The summed E-state index contributed by atoms with van der Waals surface area (Å²) in [6.45, 7) is 11.7. The lowest BCUT2D eigenvalue weighted by Crippen LogP contribution is -2.58. The molecular weight excluding hydrogens is 1120 g/mol. The van der Waals surface area contributed by atoms with Crippen LogP contribution in [0.15, 0.2) is 97.3 Å². The highest BCUT2D eigenvalue weighted by Gasteiger charge is 2.46. The molecule has 2 aliphatic heterocycles. The number of aliphatic hydroxyl groups excluding tert-OH is 2. The van der Waals surface area contributed by atoms with E-state index in [1.807, 2.05) is 78.9 Å². The Morgan fingerprint density at radius 1 is 0.608 bits per heavy atom. The van der Waals surface area contributed by atoms with Crippen LogP contribution in [0.2, 0.25) is 20.1 Å². The molecule has 22 heteroatoms. The lowest BCUT2D eigenvalue weighted by atomic mass is 9.65. The average Bonchev–Trinajstić information content (AvgIpc) is 3.46. The maximum atomic E-state index is 12.7. The normalized spacial score (nSPS) is 16.7. The van der Waals surface area contributed by atoms with Crippen LogP contribution in [0, 0.1) is 16.7 Å². The molecule has 0 unspecified atom stereocenters. The molecule has 422 valence electrons. The van der Waals surface area contributed by atoms with E-state index in [1.165, 1.54) is 38.1 Å². The molecule has 4 heterocycles. The van der Waals surface area contributed by atoms with Crippen molar-refractivity contribution >= 4 is 135 Å². The van der Waals surface area contributed by atoms with E-state index in [1.54, 1.807) is 26.7 Å². The van der Waals surface area contributed by atoms with Gasteiger partial charge in [0.25, 0.3) is 0 Å². The highest BCUT2D eigenvalue weighted by atomic mass is 35.5. The number of aromatic nitrogens is 4. The van der Waals surface area contributed by atoms with Crippen LogP contribution in [0.4, 0.5) is 57.7 Å². The topological polar surface area (TPSA) is 224 Å². The Hall–Kier alpha value is -4.99. The van der Waals surface area contributed by atoms with Gasteiger partial charge in [0.2, 0.25) is 11.9 Å². The van der Waals surface area contributed by atoms with Crippen LogP contribution in [-0.2, 0) is 13.9 Å². The highest BCUT2D eigenvalue weighted by Crippen LogP contribution is 2.50. The Balaban J connectivity index is 0.000000195. The fraction of sp³-hybridized carbons (Fsp3) is 0.421. The number of hydrogen-bond acceptors (Lipinski definition) is 16. The number of ketones is 1. The van der Waals surface area contributed by atoms with Gasteiger partial charge in [0, 0.05) is 85.0 Å². The van der Waals surface area contributed by atoms with Crippen molar-refractivity contribution in [3.63, 3.8) is 0 Å². The molecule has 2 saturated carbocycles. The summed E-state index contributed by atoms with van der Waals surface area (Å²) in [5, 5.41) is 33.2. The molecule has 2 aliphatic carbocycles. The average molecular weight is 1190 g/mol. The van der Waals surface area contributed by atoms with Crippen molar-refractivity contribution in [3.05, 3.63) is 117 Å². The molecule has 4 fully saturated rings. The molecule has 0 radical (unpaired) electrons. The molecule has 0 atom stereocenters. The van der Waals surface area contributed by atoms with Gasteiger partial charge in [0.1, 0.15) is 30.1 Å². The van der Waals surface area contributed by atoms with Gasteiger partial charge in [-0.3, -0.25) is 4.79 Å². The van der Waals surface area contributed by atoms with Gasteiger partial charge < -0.3 is 56.1 Å². The zero-order valence-electron chi connectivity index (χ0n) is 45.1. The number of anilines is 10. The number of benzene rings is 4. The zero-order chi connectivity index (χ0) is 56.5. The fourth-order valence-corrected chi connectivity index (χ4v) is 14.0. The quantitative estimate of drug-likeness (QED) is 0.0448. The maximum absolute atomic E-state index is 12.7. The van der Waals surface area contributed by atoms with Crippen molar-refractivity contribution < 1.29 is 24.1 Å². The molecule has 79 heavy (non-hydrogen) atoms. The number of aliphatic hydroxyl groups is 2. The third-order valence-electron chi connectivity index (χ3n) is 15.1. The number of para-hydroxylation sites is 2. The lowest BCUT2D eigenvalue weighted by Gasteiger charge is -2.55. The molecule has 10 rings (SSSR count). The van der Waals surface area contributed by atoms with Gasteiger partial charge >= 0.3 is 0 Å². The third kappa shape index (κ3) is 15.5. The van der Waals surface area contributed by atoms with Crippen LogP contribution < -0.4 is 47.4 Å². The first-order valence-corrected chi connectivity index (χ1v) is 33.4. The SMILES string of the molecule is CP(C)(=O)c1ccccc1Nc1nc(Nc2ccc(N3CC4(CCC(=O)CC4)C3)c(Cl)c2)ncc1Cl.CP(C)(=O)c1ccccc1Nc1nc(Nc2ccc(N3CC4(CCC(CCCO)CC4)C3)c(Cl)c2)ncc1Cl.NCCO. The smallest absolute Gasteiger partial charge is 0.229 e. The maximum Gasteiger partial charge on any atom is 0.229 e. The van der Waals surface area contributed by atoms with E-state index in [0.717, 1.165) is 91.1 Å². The van der Waals surface area contributed by atoms with E-state index in [9.17, 15) is 13.9 Å². The molecule has 4 aromatic carbocycles. The van der Waals surface area contributed by atoms with Gasteiger partial charge in [-0.1, -0.05) is 70.7 Å². The minimum absolute atomic E-state index is 0.0972. The minimum Gasteiger partial charge on any atom is -0.396 e. The van der Waals surface area contributed by atoms with Crippen LogP contribution in [0.5, 0.6) is 0 Å². The van der Waals surface area contributed by atoms with E-state index < -0.39 is 14.3 Å². The van der Waals surface area contributed by atoms with Crippen LogP contribution in [0.3, 0.4) is 0 Å². The molecule has 0 bridgehead atoms. The Kier molecular flexibility index (Phi) is 20.0. The number of halogens is 4. The summed E-state index contributed by atoms with van der Waals surface area (Å²) in [7, 11) is -5.00. The highest BCUT2D eigenvalue weighted by molar-refractivity contribution is 7.70. The van der Waals surface area contributed by atoms with E-state index in [2.05, 4.69) is 57.1 Å². The van der Waals surface area contributed by atoms with E-state index >= 15 is 0 Å². The molecule has 4 aliphatic rings. The van der Waals surface area contributed by atoms with E-state index in [0.29, 0.717) is 92.2 Å². The van der Waals surface area contributed by atoms with Gasteiger partial charge in [-0.05, 0) is 145 Å². The monoisotopic (exact) mass is 1190 g/mol. The molecule has 2 saturated heterocycles. The van der Waals surface area contributed by atoms with Gasteiger partial charge in [0.15, 0.2) is 11.6 Å². The molecule has 2 spiro atoms. The van der Waals surface area contributed by atoms with Crippen molar-refractivity contribution in [1.82, 2.24) is 19.9 Å². The molecule has 6 aromatic rings. The number of hydrogen-bond donors (Lipinski definition) is 7. The van der Waals surface area contributed by atoms with E-state index in [-0.39, 0.29) is 12.0 Å². The lowest BCUT2D eigenvalue weighted by molar-refractivity contribution is -0.122. The second kappa shape index (κ2) is 26.3. The summed E-state index contributed by atoms with van der Waals surface area (Å²) in [6.07, 6.45) is 13.5. The van der Waals surface area contributed by atoms with Crippen LogP contribution in [0.1, 0.15) is 64.2 Å². The summed E-state index contributed by atoms with van der Waals surface area (Å²) >= 11 is 26.1. The Labute approximate surface area is 483 Å². The summed E-state index contributed by atoms with van der Waals surface area (Å²) in [5.74, 6) is 2.72. The Morgan fingerprint density at radius 2 is 1.03 bits per heavy atom. The standard InChI is InChI=1S/C29H36Cl2N5O2P.C26H28Cl2N5O2P.C2H7NO/c1-39(2,38)26-8-4-3-7-24(26)34-27-23(31)17-32-28(35-27)33-21-9-10-25(22(30)16-21)36-18-29(19-36)13-11-20(12-14-29)6-5-15-37;1-36(2,35)23-6-4-3-5-21(23)31-24-20(28)14-29-25(32-24)30-17-7-8-22(19(27)13-17)33-15-26(16-33)11-9-18(34)10-12-26;3-1-2-4/h3-4,7-10,16-17,20,37H,5-6,11-15,18-19H2,1-2H3,(H2,32,33,34,35);3-8,13-14H,9-12,15-16H2,1-2H3,(H2,29,30,31,32);4H,1-3H2. The number of rotatable bonds is 16. The van der Waals surface area contributed by atoms with Crippen molar-refractivity contribution in [1.29, 1.82) is 0 Å². The predicted octanol–water partition coefficient (Wildman–Crippen LogP) is 12.7. The summed E-state index contributed by atoms with van der Waals surface area (Å²) < 4.78 is 25.5. The molecule has 0 amide bonds. The Bertz CT molecular complexity index is 3180. The first kappa shape index (κ1) is 60.1. The predicted molar refractivity (Wildman–Crippen MR) is 328 cm³/mol. The van der Waals surface area contributed by atoms with Crippen molar-refractivity contribution in [2.45, 2.75) is 64.2 Å². The Morgan fingerprint density at radius 3 is 1.42 bits per heavy atom. The summed E-state index contributed by atoms with van der Waals surface area (Å²) in [5.41, 5.74) is 10.4.